The summed E-state index contributed by atoms with van der Waals surface area (Å²) in [6.07, 6.45) is 3.71. The molecule has 1 rings (SSSR count). The van der Waals surface area contributed by atoms with Gasteiger partial charge in [-0.2, -0.15) is 0 Å². The Morgan fingerprint density at radius 3 is 2.80 bits per heavy atom. The molecule has 0 amide bonds. The van der Waals surface area contributed by atoms with Gasteiger partial charge >= 0.3 is 5.97 Å². The molecule has 0 spiro atoms. The molecular weight excluding hydrogens is 132 g/mol. The number of aliphatic carboxylic acids is 1. The van der Waals surface area contributed by atoms with Gasteiger partial charge in [0.2, 0.25) is 0 Å². The number of carboxylic acid groups (broad SMARTS) is 1. The largest absolute Gasteiger partial charge is 0.481 e. The van der Waals surface area contributed by atoms with Gasteiger partial charge in [-0.15, -0.1) is 0 Å². The third-order valence-electron chi connectivity index (χ3n) is 1.52. The zero-order valence-electron chi connectivity index (χ0n) is 5.41. The van der Waals surface area contributed by atoms with Crippen molar-refractivity contribution in [2.24, 2.45) is 5.92 Å². The predicted molar refractivity (Wildman–Crippen MR) is 34.5 cm³/mol. The fraction of sp³-hybridized carbons (Fsp3) is 0.429. The normalized spacial score (nSPS) is 24.8. The van der Waals surface area contributed by atoms with Gasteiger partial charge in [-0.3, -0.25) is 9.59 Å². The Labute approximate surface area is 58.4 Å². The van der Waals surface area contributed by atoms with Crippen molar-refractivity contribution in [1.29, 1.82) is 0 Å². The number of carboxylic acids is 1. The van der Waals surface area contributed by atoms with Crippen LogP contribution in [0.15, 0.2) is 12.2 Å². The van der Waals surface area contributed by atoms with Crippen molar-refractivity contribution in [3.8, 4) is 0 Å². The maximum Gasteiger partial charge on any atom is 0.307 e. The lowest BCUT2D eigenvalue weighted by molar-refractivity contribution is -0.143. The summed E-state index contributed by atoms with van der Waals surface area (Å²) in [6.45, 7) is 0. The SMILES string of the molecule is O=C1C=CC[C@@H](C(=O)O)C1. The van der Waals surface area contributed by atoms with Crippen molar-refractivity contribution < 1.29 is 14.7 Å². The first kappa shape index (κ1) is 6.99. The molecule has 1 aliphatic carbocycles. The number of hydrogen-bond donors (Lipinski definition) is 1. The van der Waals surface area contributed by atoms with Crippen LogP contribution in [0.2, 0.25) is 0 Å². The van der Waals surface area contributed by atoms with Crippen molar-refractivity contribution in [2.45, 2.75) is 12.8 Å². The number of ketones is 1. The summed E-state index contributed by atoms with van der Waals surface area (Å²) in [5.41, 5.74) is 0. The molecule has 0 aromatic rings. The van der Waals surface area contributed by atoms with Crippen LogP contribution in [0, 0.1) is 5.92 Å². The molecule has 10 heavy (non-hydrogen) atoms. The first-order valence-corrected chi connectivity index (χ1v) is 3.12. The second-order valence-corrected chi connectivity index (χ2v) is 2.34. The van der Waals surface area contributed by atoms with E-state index in [1.807, 2.05) is 0 Å². The van der Waals surface area contributed by atoms with Gasteiger partial charge in [0, 0.05) is 6.42 Å². The van der Waals surface area contributed by atoms with Gasteiger partial charge in [-0.25, -0.2) is 0 Å². The summed E-state index contributed by atoms with van der Waals surface area (Å²) in [5, 5.41) is 8.47. The van der Waals surface area contributed by atoms with E-state index in [9.17, 15) is 9.59 Å². The number of carbonyl (C=O) groups is 2. The summed E-state index contributed by atoms with van der Waals surface area (Å²) < 4.78 is 0. The highest BCUT2D eigenvalue weighted by molar-refractivity contribution is 5.93. The Morgan fingerprint density at radius 1 is 1.70 bits per heavy atom. The van der Waals surface area contributed by atoms with E-state index in [-0.39, 0.29) is 12.2 Å². The summed E-state index contributed by atoms with van der Waals surface area (Å²) >= 11 is 0. The number of rotatable bonds is 1. The highest BCUT2D eigenvalue weighted by Crippen LogP contribution is 2.15. The van der Waals surface area contributed by atoms with E-state index in [2.05, 4.69) is 0 Å². The van der Waals surface area contributed by atoms with Gasteiger partial charge in [0.05, 0.1) is 5.92 Å². The molecule has 0 aliphatic heterocycles. The van der Waals surface area contributed by atoms with Crippen LogP contribution in [0.3, 0.4) is 0 Å². The predicted octanol–water partition coefficient (Wildman–Crippen LogP) is 0.606. The summed E-state index contributed by atoms with van der Waals surface area (Å²) in [5.74, 6) is -1.45. The highest BCUT2D eigenvalue weighted by Gasteiger charge is 2.21. The molecule has 0 bridgehead atoms. The second-order valence-electron chi connectivity index (χ2n) is 2.34. The molecule has 0 heterocycles. The molecule has 3 nitrogen and oxygen atoms in total. The highest BCUT2D eigenvalue weighted by atomic mass is 16.4. The second kappa shape index (κ2) is 2.64. The zero-order valence-corrected chi connectivity index (χ0v) is 5.41. The molecule has 0 aromatic carbocycles. The van der Waals surface area contributed by atoms with Gasteiger partial charge in [0.25, 0.3) is 0 Å². The first-order valence-electron chi connectivity index (χ1n) is 3.12. The van der Waals surface area contributed by atoms with Gasteiger partial charge < -0.3 is 5.11 Å². The number of allylic oxidation sites excluding steroid dienone is 2. The van der Waals surface area contributed by atoms with E-state index in [0.717, 1.165) is 0 Å². The molecule has 3 heteroatoms. The first-order chi connectivity index (χ1) is 4.70. The minimum atomic E-state index is -0.877. The third kappa shape index (κ3) is 1.43. The van der Waals surface area contributed by atoms with E-state index in [4.69, 9.17) is 5.11 Å². The van der Waals surface area contributed by atoms with E-state index in [1.54, 1.807) is 6.08 Å². The Bertz CT molecular complexity index is 193. The van der Waals surface area contributed by atoms with Crippen LogP contribution in [-0.4, -0.2) is 16.9 Å². The fourth-order valence-corrected chi connectivity index (χ4v) is 0.946. The average Bonchev–Trinajstić information content (AvgIpc) is 1.88. The van der Waals surface area contributed by atoms with Gasteiger partial charge in [-0.05, 0) is 12.5 Å². The lowest BCUT2D eigenvalue weighted by Gasteiger charge is -2.10. The van der Waals surface area contributed by atoms with E-state index < -0.39 is 11.9 Å². The molecule has 0 aromatic heterocycles. The zero-order chi connectivity index (χ0) is 7.56. The minimum absolute atomic E-state index is 0.0846. The lowest BCUT2D eigenvalue weighted by Crippen LogP contribution is -2.19. The molecule has 0 radical (unpaired) electrons. The van der Waals surface area contributed by atoms with Crippen molar-refractivity contribution in [3.05, 3.63) is 12.2 Å². The van der Waals surface area contributed by atoms with Crippen LogP contribution in [0.25, 0.3) is 0 Å². The summed E-state index contributed by atoms with van der Waals surface area (Å²) in [7, 11) is 0. The Kier molecular flexibility index (Phi) is 1.85. The molecule has 1 atom stereocenters. The molecule has 1 N–H and O–H groups in total. The van der Waals surface area contributed by atoms with Crippen LogP contribution < -0.4 is 0 Å². The maximum absolute atomic E-state index is 10.6. The molecule has 0 unspecified atom stereocenters. The van der Waals surface area contributed by atoms with Crippen molar-refractivity contribution >= 4 is 11.8 Å². The number of carbonyl (C=O) groups excluding carboxylic acids is 1. The Morgan fingerprint density at radius 2 is 2.40 bits per heavy atom. The Hall–Kier alpha value is -1.12. The van der Waals surface area contributed by atoms with Gasteiger partial charge in [0.1, 0.15) is 0 Å². The molecule has 0 saturated heterocycles. The summed E-state index contributed by atoms with van der Waals surface area (Å²) in [4.78, 5) is 20.9. The monoisotopic (exact) mass is 140 g/mol. The third-order valence-corrected chi connectivity index (χ3v) is 1.52. The standard InChI is InChI=1S/C7H8O3/c8-6-3-1-2-5(4-6)7(9)10/h1,3,5H,2,4H2,(H,9,10)/t5-/m1/s1. The van der Waals surface area contributed by atoms with E-state index >= 15 is 0 Å². The van der Waals surface area contributed by atoms with Crippen LogP contribution in [0.5, 0.6) is 0 Å². The van der Waals surface area contributed by atoms with Crippen molar-refractivity contribution in [2.75, 3.05) is 0 Å². The topological polar surface area (TPSA) is 54.4 Å². The lowest BCUT2D eigenvalue weighted by atomic mass is 9.94. The van der Waals surface area contributed by atoms with Crippen molar-refractivity contribution in [3.63, 3.8) is 0 Å². The molecule has 0 saturated carbocycles. The van der Waals surface area contributed by atoms with E-state index in [1.165, 1.54) is 6.08 Å². The fourth-order valence-electron chi connectivity index (χ4n) is 0.946. The quantitative estimate of drug-likeness (QED) is 0.580. The average molecular weight is 140 g/mol. The maximum atomic E-state index is 10.6. The smallest absolute Gasteiger partial charge is 0.307 e. The van der Waals surface area contributed by atoms with Gasteiger partial charge in [0.15, 0.2) is 5.78 Å². The molecule has 54 valence electrons. The Balaban J connectivity index is 2.60. The number of hydrogen-bond acceptors (Lipinski definition) is 2. The van der Waals surface area contributed by atoms with Crippen LogP contribution in [0.1, 0.15) is 12.8 Å². The van der Waals surface area contributed by atoms with Crippen LogP contribution in [-0.2, 0) is 9.59 Å². The molecule has 0 fully saturated rings. The summed E-state index contributed by atoms with van der Waals surface area (Å²) in [6, 6.07) is 0. The van der Waals surface area contributed by atoms with Crippen LogP contribution in [0.4, 0.5) is 0 Å². The van der Waals surface area contributed by atoms with E-state index in [0.29, 0.717) is 6.42 Å². The van der Waals surface area contributed by atoms with Gasteiger partial charge in [-0.1, -0.05) is 6.08 Å². The minimum Gasteiger partial charge on any atom is -0.481 e. The molecule has 1 aliphatic rings. The van der Waals surface area contributed by atoms with Crippen molar-refractivity contribution in [1.82, 2.24) is 0 Å². The van der Waals surface area contributed by atoms with Crippen LogP contribution >= 0.6 is 0 Å². The molecular formula is C7H8O3.